The molecule has 3 N–H and O–H groups in total. The number of carboxylic acid groups (broad SMARTS) is 1. The summed E-state index contributed by atoms with van der Waals surface area (Å²) in [6.45, 7) is 0. The van der Waals surface area contributed by atoms with Crippen molar-refractivity contribution in [2.75, 3.05) is 7.11 Å². The van der Waals surface area contributed by atoms with Crippen LogP contribution in [0, 0.1) is 0 Å². The number of benzene rings is 1. The third-order valence-electron chi connectivity index (χ3n) is 2.00. The van der Waals surface area contributed by atoms with Crippen LogP contribution >= 0.6 is 15.9 Å². The first-order valence-corrected chi connectivity index (χ1v) is 5.15. The standard InChI is InChI=1S/C10H12BrNO3/c1-15-10-6(3-2-4-7(10)11)8(12)5-9(13)14/h2-4,8H,5,12H2,1H3,(H,13,14)/t8-/m0/s1. The Morgan fingerprint density at radius 3 is 2.87 bits per heavy atom. The summed E-state index contributed by atoms with van der Waals surface area (Å²) in [5, 5.41) is 8.65. The van der Waals surface area contributed by atoms with Gasteiger partial charge in [-0.05, 0) is 22.0 Å². The largest absolute Gasteiger partial charge is 0.495 e. The summed E-state index contributed by atoms with van der Waals surface area (Å²) in [5.74, 6) is -0.337. The summed E-state index contributed by atoms with van der Waals surface area (Å²) >= 11 is 3.31. The maximum absolute atomic E-state index is 10.5. The van der Waals surface area contributed by atoms with Crippen molar-refractivity contribution in [2.45, 2.75) is 12.5 Å². The van der Waals surface area contributed by atoms with Gasteiger partial charge in [-0.25, -0.2) is 0 Å². The van der Waals surface area contributed by atoms with E-state index in [1.54, 1.807) is 12.1 Å². The molecule has 0 heterocycles. The Bertz CT molecular complexity index is 368. The van der Waals surface area contributed by atoms with Crippen LogP contribution in [0.15, 0.2) is 22.7 Å². The first kappa shape index (κ1) is 12.0. The van der Waals surface area contributed by atoms with Gasteiger partial charge in [0.05, 0.1) is 18.0 Å². The number of ether oxygens (including phenoxy) is 1. The second kappa shape index (κ2) is 5.14. The highest BCUT2D eigenvalue weighted by Crippen LogP contribution is 2.32. The summed E-state index contributed by atoms with van der Waals surface area (Å²) in [7, 11) is 1.52. The van der Waals surface area contributed by atoms with Crippen LogP contribution in [0.5, 0.6) is 5.75 Å². The fourth-order valence-electron chi connectivity index (χ4n) is 1.33. The van der Waals surface area contributed by atoms with Crippen LogP contribution in [0.1, 0.15) is 18.0 Å². The Hall–Kier alpha value is -1.07. The lowest BCUT2D eigenvalue weighted by Crippen LogP contribution is -2.16. The Balaban J connectivity index is 3.02. The summed E-state index contributed by atoms with van der Waals surface area (Å²) in [6.07, 6.45) is -0.118. The second-order valence-electron chi connectivity index (χ2n) is 3.07. The van der Waals surface area contributed by atoms with E-state index < -0.39 is 12.0 Å². The highest BCUT2D eigenvalue weighted by Gasteiger charge is 2.16. The third-order valence-corrected chi connectivity index (χ3v) is 2.62. The molecular weight excluding hydrogens is 262 g/mol. The lowest BCUT2D eigenvalue weighted by Gasteiger charge is -2.14. The summed E-state index contributed by atoms with van der Waals surface area (Å²) in [4.78, 5) is 10.5. The molecule has 0 aliphatic carbocycles. The molecule has 1 rings (SSSR count). The minimum Gasteiger partial charge on any atom is -0.495 e. The lowest BCUT2D eigenvalue weighted by atomic mass is 10.0. The van der Waals surface area contributed by atoms with Crippen molar-refractivity contribution in [1.29, 1.82) is 0 Å². The molecule has 1 atom stereocenters. The zero-order valence-corrected chi connectivity index (χ0v) is 9.82. The molecule has 1 aromatic carbocycles. The van der Waals surface area contributed by atoms with E-state index in [-0.39, 0.29) is 6.42 Å². The summed E-state index contributed by atoms with van der Waals surface area (Å²) < 4.78 is 5.93. The molecular formula is C10H12BrNO3. The van der Waals surface area contributed by atoms with Gasteiger partial charge in [-0.15, -0.1) is 0 Å². The summed E-state index contributed by atoms with van der Waals surface area (Å²) in [6, 6.07) is 4.81. The molecule has 5 heteroatoms. The number of rotatable bonds is 4. The van der Waals surface area contributed by atoms with Gasteiger partial charge in [-0.2, -0.15) is 0 Å². The predicted octanol–water partition coefficient (Wildman–Crippen LogP) is 1.93. The van der Waals surface area contributed by atoms with Crippen LogP contribution in [0.25, 0.3) is 0 Å². The van der Waals surface area contributed by atoms with E-state index in [1.165, 1.54) is 7.11 Å². The number of aliphatic carboxylic acids is 1. The van der Waals surface area contributed by atoms with E-state index in [1.807, 2.05) is 6.07 Å². The van der Waals surface area contributed by atoms with Crippen LogP contribution in [0.3, 0.4) is 0 Å². The van der Waals surface area contributed by atoms with Crippen LogP contribution in [-0.4, -0.2) is 18.2 Å². The lowest BCUT2D eigenvalue weighted by molar-refractivity contribution is -0.137. The number of hydrogen-bond acceptors (Lipinski definition) is 3. The molecule has 15 heavy (non-hydrogen) atoms. The molecule has 0 radical (unpaired) electrons. The van der Waals surface area contributed by atoms with Gasteiger partial charge in [0.1, 0.15) is 5.75 Å². The van der Waals surface area contributed by atoms with Gasteiger partial charge in [-0.3, -0.25) is 4.79 Å². The van der Waals surface area contributed by atoms with Crippen LogP contribution in [0.4, 0.5) is 0 Å². The number of para-hydroxylation sites is 1. The average Bonchev–Trinajstić information content (AvgIpc) is 2.16. The average molecular weight is 274 g/mol. The minimum atomic E-state index is -0.926. The molecule has 4 nitrogen and oxygen atoms in total. The van der Waals surface area contributed by atoms with Gasteiger partial charge in [0.2, 0.25) is 0 Å². The zero-order chi connectivity index (χ0) is 11.4. The van der Waals surface area contributed by atoms with Crippen molar-refractivity contribution < 1.29 is 14.6 Å². The first-order chi connectivity index (χ1) is 7.06. The molecule has 82 valence electrons. The topological polar surface area (TPSA) is 72.5 Å². The van der Waals surface area contributed by atoms with Crippen molar-refractivity contribution >= 4 is 21.9 Å². The maximum Gasteiger partial charge on any atom is 0.305 e. The number of halogens is 1. The fourth-order valence-corrected chi connectivity index (χ4v) is 1.87. The SMILES string of the molecule is COc1c(Br)cccc1[C@@H](N)CC(=O)O. The predicted molar refractivity (Wildman–Crippen MR) is 59.9 cm³/mol. The maximum atomic E-state index is 10.5. The molecule has 0 spiro atoms. The van der Waals surface area contributed by atoms with Crippen LogP contribution < -0.4 is 10.5 Å². The Labute approximate surface area is 96.2 Å². The number of nitrogens with two attached hydrogens (primary N) is 1. The summed E-state index contributed by atoms with van der Waals surface area (Å²) in [5.41, 5.74) is 6.45. The van der Waals surface area contributed by atoms with Gasteiger partial charge in [0, 0.05) is 11.6 Å². The minimum absolute atomic E-state index is 0.118. The molecule has 0 bridgehead atoms. The van der Waals surface area contributed by atoms with E-state index in [0.29, 0.717) is 11.3 Å². The molecule has 0 aromatic heterocycles. The molecule has 0 aliphatic heterocycles. The van der Waals surface area contributed by atoms with Crippen molar-refractivity contribution in [2.24, 2.45) is 5.73 Å². The number of methoxy groups -OCH3 is 1. The van der Waals surface area contributed by atoms with Gasteiger partial charge >= 0.3 is 5.97 Å². The second-order valence-corrected chi connectivity index (χ2v) is 3.92. The quantitative estimate of drug-likeness (QED) is 0.880. The molecule has 0 unspecified atom stereocenters. The molecule has 0 amide bonds. The van der Waals surface area contributed by atoms with Gasteiger partial charge in [0.15, 0.2) is 0 Å². The van der Waals surface area contributed by atoms with Crippen molar-refractivity contribution in [1.82, 2.24) is 0 Å². The van der Waals surface area contributed by atoms with Crippen molar-refractivity contribution in [3.63, 3.8) is 0 Å². The number of carboxylic acids is 1. The third kappa shape index (κ3) is 2.94. The van der Waals surface area contributed by atoms with Gasteiger partial charge in [0.25, 0.3) is 0 Å². The number of hydrogen-bond donors (Lipinski definition) is 2. The first-order valence-electron chi connectivity index (χ1n) is 4.36. The molecule has 0 saturated heterocycles. The smallest absolute Gasteiger partial charge is 0.305 e. The highest BCUT2D eigenvalue weighted by molar-refractivity contribution is 9.10. The highest BCUT2D eigenvalue weighted by atomic mass is 79.9. The van der Waals surface area contributed by atoms with E-state index in [4.69, 9.17) is 15.6 Å². The van der Waals surface area contributed by atoms with E-state index in [0.717, 1.165) is 4.47 Å². The zero-order valence-electron chi connectivity index (χ0n) is 8.24. The Morgan fingerprint density at radius 2 is 2.33 bits per heavy atom. The van der Waals surface area contributed by atoms with E-state index in [9.17, 15) is 4.79 Å². The fraction of sp³-hybridized carbons (Fsp3) is 0.300. The monoisotopic (exact) mass is 273 g/mol. The number of carbonyl (C=O) groups is 1. The van der Waals surface area contributed by atoms with Crippen molar-refractivity contribution in [3.8, 4) is 5.75 Å². The Morgan fingerprint density at radius 1 is 1.67 bits per heavy atom. The molecule has 0 saturated carbocycles. The van der Waals surface area contributed by atoms with Crippen LogP contribution in [-0.2, 0) is 4.79 Å². The Kier molecular flexibility index (Phi) is 4.11. The molecule has 0 aliphatic rings. The van der Waals surface area contributed by atoms with Gasteiger partial charge in [-0.1, -0.05) is 12.1 Å². The van der Waals surface area contributed by atoms with Crippen LogP contribution in [0.2, 0.25) is 0 Å². The molecule has 0 fully saturated rings. The molecule has 1 aromatic rings. The van der Waals surface area contributed by atoms with Crippen molar-refractivity contribution in [3.05, 3.63) is 28.2 Å². The van der Waals surface area contributed by atoms with E-state index >= 15 is 0 Å². The van der Waals surface area contributed by atoms with Gasteiger partial charge < -0.3 is 15.6 Å². The normalized spacial score (nSPS) is 12.2. The van der Waals surface area contributed by atoms with E-state index in [2.05, 4.69) is 15.9 Å².